The lowest BCUT2D eigenvalue weighted by molar-refractivity contribution is -0.115. The van der Waals surface area contributed by atoms with Crippen molar-refractivity contribution < 1.29 is 14.3 Å². The molecule has 6 heteroatoms. The molecule has 0 saturated heterocycles. The number of nitrogens with one attached hydrogen (secondary N) is 1. The van der Waals surface area contributed by atoms with Crippen LogP contribution >= 0.6 is 11.3 Å². The van der Waals surface area contributed by atoms with Crippen molar-refractivity contribution in [3.05, 3.63) is 58.4 Å². The van der Waals surface area contributed by atoms with E-state index < -0.39 is 0 Å². The van der Waals surface area contributed by atoms with Gasteiger partial charge < -0.3 is 14.8 Å². The van der Waals surface area contributed by atoms with Gasteiger partial charge in [-0.05, 0) is 37.3 Å². The van der Waals surface area contributed by atoms with Gasteiger partial charge in [0, 0.05) is 16.6 Å². The van der Waals surface area contributed by atoms with E-state index in [1.165, 1.54) is 11.3 Å². The molecule has 1 aromatic heterocycles. The fourth-order valence-electron chi connectivity index (χ4n) is 2.56. The van der Waals surface area contributed by atoms with Crippen molar-refractivity contribution in [1.82, 2.24) is 4.98 Å². The highest BCUT2D eigenvalue weighted by Crippen LogP contribution is 2.36. The molecule has 2 aromatic carbocycles. The van der Waals surface area contributed by atoms with E-state index in [9.17, 15) is 4.79 Å². The first-order valence-electron chi connectivity index (χ1n) is 7.88. The molecule has 1 N–H and O–H groups in total. The number of amides is 1. The maximum atomic E-state index is 12.2. The van der Waals surface area contributed by atoms with E-state index >= 15 is 0 Å². The number of anilines is 1. The molecule has 0 radical (unpaired) electrons. The van der Waals surface area contributed by atoms with E-state index in [1.807, 2.05) is 54.8 Å². The third-order valence-corrected chi connectivity index (χ3v) is 4.72. The Balaban J connectivity index is 1.44. The summed E-state index contributed by atoms with van der Waals surface area (Å²) in [7, 11) is 0. The monoisotopic (exact) mass is 352 g/mol. The van der Waals surface area contributed by atoms with Crippen molar-refractivity contribution >= 4 is 22.9 Å². The third kappa shape index (κ3) is 3.49. The van der Waals surface area contributed by atoms with E-state index in [4.69, 9.17) is 9.47 Å². The van der Waals surface area contributed by atoms with Crippen LogP contribution in [0.5, 0.6) is 11.5 Å². The maximum absolute atomic E-state index is 12.2. The Morgan fingerprint density at radius 1 is 1.16 bits per heavy atom. The molecule has 5 nitrogen and oxygen atoms in total. The molecule has 0 atom stereocenters. The molecule has 0 spiro atoms. The van der Waals surface area contributed by atoms with Crippen LogP contribution in [0.25, 0.3) is 11.3 Å². The predicted molar refractivity (Wildman–Crippen MR) is 97.2 cm³/mol. The summed E-state index contributed by atoms with van der Waals surface area (Å²) in [5, 5.41) is 5.62. The molecule has 25 heavy (non-hydrogen) atoms. The van der Waals surface area contributed by atoms with Crippen LogP contribution < -0.4 is 14.8 Å². The number of thiazole rings is 1. The molecule has 0 saturated carbocycles. The van der Waals surface area contributed by atoms with Crippen LogP contribution in [0.15, 0.2) is 47.8 Å². The Morgan fingerprint density at radius 2 is 1.96 bits per heavy atom. The van der Waals surface area contributed by atoms with Gasteiger partial charge in [-0.15, -0.1) is 11.3 Å². The van der Waals surface area contributed by atoms with Crippen molar-refractivity contribution in [2.75, 3.05) is 12.1 Å². The first-order valence-corrected chi connectivity index (χ1v) is 8.76. The summed E-state index contributed by atoms with van der Waals surface area (Å²) < 4.78 is 10.7. The van der Waals surface area contributed by atoms with Crippen molar-refractivity contribution in [3.63, 3.8) is 0 Å². The second kappa shape index (κ2) is 6.57. The molecule has 1 aliphatic rings. The second-order valence-corrected chi connectivity index (χ2v) is 6.73. The summed E-state index contributed by atoms with van der Waals surface area (Å²) in [5.41, 5.74) is 3.74. The van der Waals surface area contributed by atoms with Gasteiger partial charge in [0.05, 0.1) is 12.1 Å². The SMILES string of the molecule is Cc1ccc(NC(=O)Cc2nc(-c3ccc4c(c3)OCO4)cs2)cc1. The third-order valence-electron chi connectivity index (χ3n) is 3.87. The minimum atomic E-state index is -0.0737. The number of hydrogen-bond acceptors (Lipinski definition) is 5. The predicted octanol–water partition coefficient (Wildman–Crippen LogP) is 4.03. The van der Waals surface area contributed by atoms with E-state index in [1.54, 1.807) is 0 Å². The molecule has 2 heterocycles. The van der Waals surface area contributed by atoms with Gasteiger partial charge in [-0.2, -0.15) is 0 Å². The van der Waals surface area contributed by atoms with Crippen molar-refractivity contribution in [2.24, 2.45) is 0 Å². The number of benzene rings is 2. The van der Waals surface area contributed by atoms with Gasteiger partial charge in [0.15, 0.2) is 11.5 Å². The lowest BCUT2D eigenvalue weighted by Gasteiger charge is -2.04. The van der Waals surface area contributed by atoms with Gasteiger partial charge in [-0.25, -0.2) is 4.98 Å². The van der Waals surface area contributed by atoms with E-state index in [0.29, 0.717) is 0 Å². The smallest absolute Gasteiger partial charge is 0.231 e. The molecule has 0 fully saturated rings. The number of fused-ring (bicyclic) bond motifs is 1. The zero-order valence-electron chi connectivity index (χ0n) is 13.6. The summed E-state index contributed by atoms with van der Waals surface area (Å²) in [6.45, 7) is 2.26. The minimum absolute atomic E-state index is 0.0737. The van der Waals surface area contributed by atoms with Gasteiger partial charge in [0.1, 0.15) is 5.01 Å². The summed E-state index contributed by atoms with van der Waals surface area (Å²) in [6.07, 6.45) is 0.253. The molecule has 0 unspecified atom stereocenters. The molecule has 1 aliphatic heterocycles. The molecular formula is C19H16N2O3S. The molecule has 0 bridgehead atoms. The zero-order chi connectivity index (χ0) is 17.2. The highest BCUT2D eigenvalue weighted by molar-refractivity contribution is 7.10. The average Bonchev–Trinajstić information content (AvgIpc) is 3.25. The molecule has 0 aliphatic carbocycles. The number of carbonyl (C=O) groups is 1. The topological polar surface area (TPSA) is 60.5 Å². The van der Waals surface area contributed by atoms with Crippen LogP contribution in [-0.4, -0.2) is 17.7 Å². The number of carbonyl (C=O) groups excluding carboxylic acids is 1. The number of nitrogens with zero attached hydrogens (tertiary/aromatic N) is 1. The summed E-state index contributed by atoms with van der Waals surface area (Å²) in [4.78, 5) is 16.7. The van der Waals surface area contributed by atoms with Crippen LogP contribution in [-0.2, 0) is 11.2 Å². The quantitative estimate of drug-likeness (QED) is 0.770. The molecule has 3 aromatic rings. The highest BCUT2D eigenvalue weighted by Gasteiger charge is 2.15. The largest absolute Gasteiger partial charge is 0.454 e. The van der Waals surface area contributed by atoms with Gasteiger partial charge in [0.25, 0.3) is 0 Å². The Bertz CT molecular complexity index is 919. The first-order chi connectivity index (χ1) is 12.2. The van der Waals surface area contributed by atoms with Crippen LogP contribution in [0, 0.1) is 6.92 Å². The fourth-order valence-corrected chi connectivity index (χ4v) is 3.36. The average molecular weight is 352 g/mol. The number of hydrogen-bond donors (Lipinski definition) is 1. The lowest BCUT2D eigenvalue weighted by Crippen LogP contribution is -2.14. The number of aryl methyl sites for hydroxylation is 1. The number of ether oxygens (including phenoxy) is 2. The lowest BCUT2D eigenvalue weighted by atomic mass is 10.1. The van der Waals surface area contributed by atoms with Crippen LogP contribution in [0.1, 0.15) is 10.6 Å². The van der Waals surface area contributed by atoms with Gasteiger partial charge in [-0.3, -0.25) is 4.79 Å². The maximum Gasteiger partial charge on any atom is 0.231 e. The Morgan fingerprint density at radius 3 is 2.80 bits per heavy atom. The Labute approximate surface area is 149 Å². The van der Waals surface area contributed by atoms with Crippen LogP contribution in [0.2, 0.25) is 0 Å². The van der Waals surface area contributed by atoms with Gasteiger partial charge in [-0.1, -0.05) is 17.7 Å². The zero-order valence-corrected chi connectivity index (χ0v) is 14.4. The van der Waals surface area contributed by atoms with Crippen molar-refractivity contribution in [1.29, 1.82) is 0 Å². The number of rotatable bonds is 4. The summed E-state index contributed by atoms with van der Waals surface area (Å²) >= 11 is 1.47. The molecule has 1 amide bonds. The molecule has 126 valence electrons. The Kier molecular flexibility index (Phi) is 4.11. The van der Waals surface area contributed by atoms with E-state index in [-0.39, 0.29) is 19.1 Å². The van der Waals surface area contributed by atoms with Crippen LogP contribution in [0.3, 0.4) is 0 Å². The molecular weight excluding hydrogens is 336 g/mol. The second-order valence-electron chi connectivity index (χ2n) is 5.79. The normalized spacial score (nSPS) is 12.2. The minimum Gasteiger partial charge on any atom is -0.454 e. The fraction of sp³-hybridized carbons (Fsp3) is 0.158. The summed E-state index contributed by atoms with van der Waals surface area (Å²) in [5.74, 6) is 1.40. The van der Waals surface area contributed by atoms with Gasteiger partial charge >= 0.3 is 0 Å². The van der Waals surface area contributed by atoms with E-state index in [0.717, 1.165) is 39.0 Å². The number of aromatic nitrogens is 1. The first kappa shape index (κ1) is 15.7. The molecule has 4 rings (SSSR count). The summed E-state index contributed by atoms with van der Waals surface area (Å²) in [6, 6.07) is 13.5. The van der Waals surface area contributed by atoms with E-state index in [2.05, 4.69) is 10.3 Å². The van der Waals surface area contributed by atoms with Crippen LogP contribution in [0.4, 0.5) is 5.69 Å². The Hall–Kier alpha value is -2.86. The standard InChI is InChI=1S/C19H16N2O3S/c1-12-2-5-14(6-3-12)20-18(22)9-19-21-15(10-25-19)13-4-7-16-17(8-13)24-11-23-16/h2-8,10H,9,11H2,1H3,(H,20,22). The van der Waals surface area contributed by atoms with Crippen molar-refractivity contribution in [3.8, 4) is 22.8 Å². The highest BCUT2D eigenvalue weighted by atomic mass is 32.1. The van der Waals surface area contributed by atoms with Gasteiger partial charge in [0.2, 0.25) is 12.7 Å². The van der Waals surface area contributed by atoms with Crippen molar-refractivity contribution in [2.45, 2.75) is 13.3 Å².